The number of halogens is 1. The van der Waals surface area contributed by atoms with E-state index in [0.29, 0.717) is 6.42 Å². The number of aliphatic hydroxyl groups is 2. The molecule has 11 amide bonds. The standard InChI is InChI=1S/C55H95FN16O13/c1-6-7-8-9-10-14-43(75)63-35(15-21-57)50(80)72-45(32(5)74)55(85)68-38(18-24-60)47(77)67-40-20-26-62-54(84)44(31(4)73)71-51(81)39(19-25-61)65-46(76)36(16-22-58)66-53(83)42(29-33-12-11-13-34(56)28-33)70-52(82)41(27-30(2)3)69-48(78)37(17-23-59)64-49(40)79/h11-13,28,30-32,35-42,44-45,73-74H,6-10,14-27,29,57-61H2,1-5H3,(H,62,84)(H,63,75)(H,64,79)(H,65,76)(H,66,83)(H,67,77)(H,68,85)(H,69,78)(H,70,82)(H,71,81)(H,72,80)/t31-,32+,35+,36+,37-,38+,39+,40+,41-,42?,44+,45+/m1/s1. The summed E-state index contributed by atoms with van der Waals surface area (Å²) in [5.74, 6) is -11.1. The summed E-state index contributed by atoms with van der Waals surface area (Å²) in [6.07, 6.45) is -0.526. The Balaban J connectivity index is 2.68. The first-order valence-corrected chi connectivity index (χ1v) is 29.3. The first-order valence-electron chi connectivity index (χ1n) is 29.3. The number of benzene rings is 1. The first kappa shape index (κ1) is 74.1. The number of aliphatic hydroxyl groups excluding tert-OH is 2. The Bertz CT molecular complexity index is 2350. The summed E-state index contributed by atoms with van der Waals surface area (Å²) in [5.41, 5.74) is 29.5. The Labute approximate surface area is 496 Å². The van der Waals surface area contributed by atoms with Crippen molar-refractivity contribution in [1.82, 2.24) is 58.5 Å². The highest BCUT2D eigenvalue weighted by atomic mass is 19.1. The molecule has 85 heavy (non-hydrogen) atoms. The van der Waals surface area contributed by atoms with Gasteiger partial charge in [-0.2, -0.15) is 0 Å². The largest absolute Gasteiger partial charge is 0.391 e. The van der Waals surface area contributed by atoms with Crippen molar-refractivity contribution in [3.05, 3.63) is 35.6 Å². The molecule has 0 bridgehead atoms. The molecule has 1 aliphatic rings. The summed E-state index contributed by atoms with van der Waals surface area (Å²) in [6.45, 7) is 6.59. The second kappa shape index (κ2) is 39.6. The monoisotopic (exact) mass is 1210 g/mol. The van der Waals surface area contributed by atoms with Gasteiger partial charge in [0.25, 0.3) is 0 Å². The number of nitrogens with one attached hydrogen (secondary N) is 11. The van der Waals surface area contributed by atoms with E-state index in [2.05, 4.69) is 65.4 Å². The lowest BCUT2D eigenvalue weighted by atomic mass is 10.00. The molecule has 1 aliphatic heterocycles. The summed E-state index contributed by atoms with van der Waals surface area (Å²) < 4.78 is 14.5. The normalized spacial score (nSPS) is 22.5. The smallest absolute Gasteiger partial charge is 0.245 e. The summed E-state index contributed by atoms with van der Waals surface area (Å²) in [6, 6.07) is -10.1. The molecule has 1 heterocycles. The first-order chi connectivity index (χ1) is 40.3. The van der Waals surface area contributed by atoms with Crippen molar-refractivity contribution in [3.63, 3.8) is 0 Å². The minimum absolute atomic E-state index is 0.0232. The molecule has 29 nitrogen and oxygen atoms in total. The molecule has 2 rings (SSSR count). The number of carbonyl (C=O) groups excluding carboxylic acids is 11. The molecule has 1 unspecified atom stereocenters. The van der Waals surface area contributed by atoms with Crippen LogP contribution < -0.4 is 87.2 Å². The molecular weight excluding hydrogens is 1110 g/mol. The van der Waals surface area contributed by atoms with Crippen molar-refractivity contribution in [2.45, 2.75) is 197 Å². The summed E-state index contributed by atoms with van der Waals surface area (Å²) in [7, 11) is 0. The molecule has 0 saturated carbocycles. The number of hydrogen-bond donors (Lipinski definition) is 18. The van der Waals surface area contributed by atoms with Crippen LogP contribution in [0, 0.1) is 11.7 Å². The number of amides is 11. The second-order valence-electron chi connectivity index (χ2n) is 21.6. The Morgan fingerprint density at radius 1 is 0.600 bits per heavy atom. The Hall–Kier alpha value is -6.96. The van der Waals surface area contributed by atoms with E-state index in [-0.39, 0.29) is 95.6 Å². The minimum atomic E-state index is -1.72. The average molecular weight is 1210 g/mol. The molecule has 1 aromatic rings. The fourth-order valence-corrected chi connectivity index (χ4v) is 9.08. The summed E-state index contributed by atoms with van der Waals surface area (Å²) in [4.78, 5) is 153. The third-order valence-corrected chi connectivity index (χ3v) is 13.8. The van der Waals surface area contributed by atoms with Gasteiger partial charge >= 0.3 is 0 Å². The van der Waals surface area contributed by atoms with E-state index in [1.54, 1.807) is 13.8 Å². The van der Waals surface area contributed by atoms with Crippen LogP contribution in [0.3, 0.4) is 0 Å². The van der Waals surface area contributed by atoms with Crippen LogP contribution >= 0.6 is 0 Å². The maximum atomic E-state index is 14.5. The van der Waals surface area contributed by atoms with E-state index in [0.717, 1.165) is 37.8 Å². The predicted octanol–water partition coefficient (Wildman–Crippen LogP) is -5.35. The van der Waals surface area contributed by atoms with E-state index < -0.39 is 156 Å². The van der Waals surface area contributed by atoms with Gasteiger partial charge in [0.1, 0.15) is 66.2 Å². The number of hydrogen-bond acceptors (Lipinski definition) is 18. The van der Waals surface area contributed by atoms with Crippen LogP contribution in [0.4, 0.5) is 4.39 Å². The number of nitrogens with two attached hydrogens (primary N) is 5. The van der Waals surface area contributed by atoms with Crippen LogP contribution in [0.2, 0.25) is 0 Å². The van der Waals surface area contributed by atoms with Crippen molar-refractivity contribution in [2.75, 3.05) is 39.3 Å². The van der Waals surface area contributed by atoms with Gasteiger partial charge in [-0.25, -0.2) is 4.39 Å². The highest BCUT2D eigenvalue weighted by Gasteiger charge is 2.37. The van der Waals surface area contributed by atoms with Crippen LogP contribution in [0.5, 0.6) is 0 Å². The van der Waals surface area contributed by atoms with Crippen molar-refractivity contribution in [3.8, 4) is 0 Å². The number of unbranched alkanes of at least 4 members (excludes halogenated alkanes) is 4. The van der Waals surface area contributed by atoms with Gasteiger partial charge in [0.15, 0.2) is 0 Å². The van der Waals surface area contributed by atoms with Crippen LogP contribution in [0.15, 0.2) is 24.3 Å². The van der Waals surface area contributed by atoms with Gasteiger partial charge in [0.05, 0.1) is 12.2 Å². The fraction of sp³-hybridized carbons (Fsp3) is 0.691. The number of rotatable bonds is 29. The van der Waals surface area contributed by atoms with Gasteiger partial charge in [-0.05, 0) is 122 Å². The topological polar surface area (TPSA) is 491 Å². The lowest BCUT2D eigenvalue weighted by Gasteiger charge is -2.29. The van der Waals surface area contributed by atoms with Gasteiger partial charge in [0, 0.05) is 19.4 Å². The molecule has 0 spiro atoms. The zero-order valence-electron chi connectivity index (χ0n) is 49.6. The highest BCUT2D eigenvalue weighted by molar-refractivity contribution is 5.99. The van der Waals surface area contributed by atoms with Crippen molar-refractivity contribution in [2.24, 2.45) is 34.6 Å². The molecule has 30 heteroatoms. The number of carbonyl (C=O) groups is 11. The quantitative estimate of drug-likeness (QED) is 0.0333. The molecule has 12 atom stereocenters. The van der Waals surface area contributed by atoms with E-state index in [4.69, 9.17) is 28.7 Å². The molecule has 1 saturated heterocycles. The van der Waals surface area contributed by atoms with Crippen molar-refractivity contribution < 1.29 is 67.3 Å². The van der Waals surface area contributed by atoms with Crippen LogP contribution in [0.1, 0.15) is 124 Å². The van der Waals surface area contributed by atoms with Gasteiger partial charge in [0.2, 0.25) is 65.0 Å². The average Bonchev–Trinajstić information content (AvgIpc) is 3.52. The van der Waals surface area contributed by atoms with Gasteiger partial charge < -0.3 is 97.4 Å². The molecule has 0 radical (unpaired) electrons. The zero-order chi connectivity index (χ0) is 63.8. The third-order valence-electron chi connectivity index (χ3n) is 13.8. The molecule has 480 valence electrons. The Kier molecular flexibility index (Phi) is 34.6. The zero-order valence-corrected chi connectivity index (χ0v) is 49.6. The lowest BCUT2D eigenvalue weighted by Crippen LogP contribution is -2.62. The molecule has 0 aliphatic carbocycles. The van der Waals surface area contributed by atoms with Crippen molar-refractivity contribution in [1.29, 1.82) is 0 Å². The van der Waals surface area contributed by atoms with E-state index in [1.807, 2.05) is 0 Å². The predicted molar refractivity (Wildman–Crippen MR) is 312 cm³/mol. The van der Waals surface area contributed by atoms with Crippen molar-refractivity contribution >= 4 is 65.0 Å². The summed E-state index contributed by atoms with van der Waals surface area (Å²) >= 11 is 0. The Morgan fingerprint density at radius 3 is 1.62 bits per heavy atom. The van der Waals surface area contributed by atoms with E-state index in [1.165, 1.54) is 26.0 Å². The molecule has 0 aromatic heterocycles. The molecule has 23 N–H and O–H groups in total. The molecule has 1 aromatic carbocycles. The maximum absolute atomic E-state index is 14.5. The fourth-order valence-electron chi connectivity index (χ4n) is 9.08. The minimum Gasteiger partial charge on any atom is -0.391 e. The third kappa shape index (κ3) is 26.9. The van der Waals surface area contributed by atoms with Gasteiger partial charge in [-0.3, -0.25) is 52.7 Å². The van der Waals surface area contributed by atoms with Crippen LogP contribution in [-0.2, 0) is 59.2 Å². The van der Waals surface area contributed by atoms with E-state index in [9.17, 15) is 67.3 Å². The van der Waals surface area contributed by atoms with Gasteiger partial charge in [-0.1, -0.05) is 58.6 Å². The molecule has 1 fully saturated rings. The molecular formula is C55H95FN16O13. The van der Waals surface area contributed by atoms with Crippen LogP contribution in [0.25, 0.3) is 0 Å². The summed E-state index contributed by atoms with van der Waals surface area (Å²) in [5, 5.41) is 49.2. The SMILES string of the molecule is CCCCCCCC(=O)N[C@@H](CCN)C(=O)N[C@H](C(=O)N[C@@H](CCN)C(=O)N[C@H]1CCNC(=O)[C@H]([C@@H](C)O)NC(=O)[C@H](CCN)NC(=O)[C@H](CCN)NC(=O)C(Cc2cccc(F)c2)NC(=O)[C@@H](CC(C)C)NC(=O)[C@@H](CCN)NC1=O)[C@H](C)O. The second-order valence-corrected chi connectivity index (χ2v) is 21.6. The van der Waals surface area contributed by atoms with Crippen LogP contribution in [-0.4, -0.2) is 187 Å². The highest BCUT2D eigenvalue weighted by Crippen LogP contribution is 2.13. The lowest BCUT2D eigenvalue weighted by molar-refractivity contribution is -0.137. The van der Waals surface area contributed by atoms with E-state index >= 15 is 0 Å². The van der Waals surface area contributed by atoms with Gasteiger partial charge in [-0.15, -0.1) is 0 Å². The Morgan fingerprint density at radius 2 is 1.11 bits per heavy atom. The maximum Gasteiger partial charge on any atom is 0.245 e.